The van der Waals surface area contributed by atoms with Crippen LogP contribution in [0.25, 0.3) is 0 Å². The molecule has 0 saturated carbocycles. The molecule has 1 aromatic rings. The van der Waals surface area contributed by atoms with Crippen LogP contribution in [0.15, 0.2) is 0 Å². The van der Waals surface area contributed by atoms with Gasteiger partial charge in [-0.2, -0.15) is 4.37 Å². The van der Waals surface area contributed by atoms with Crippen LogP contribution in [-0.4, -0.2) is 16.0 Å². The second-order valence-corrected chi connectivity index (χ2v) is 4.77. The Balaban J connectivity index is 2.28. The number of halogens is 1. The van der Waals surface area contributed by atoms with Crippen molar-refractivity contribution in [3.63, 3.8) is 0 Å². The standard InChI is InChI=1S/C7H9IN2OS/c1-7(3-2-4-11-7)5-9-6(8)10-12-5/h2-4H2,1H3. The third-order valence-corrected chi connectivity index (χ3v) is 3.84. The monoisotopic (exact) mass is 296 g/mol. The van der Waals surface area contributed by atoms with E-state index < -0.39 is 0 Å². The third-order valence-electron chi connectivity index (χ3n) is 2.07. The lowest BCUT2D eigenvalue weighted by Gasteiger charge is -2.18. The molecule has 0 amide bonds. The maximum atomic E-state index is 5.64. The fourth-order valence-electron chi connectivity index (χ4n) is 1.37. The summed E-state index contributed by atoms with van der Waals surface area (Å²) in [6.45, 7) is 2.95. The van der Waals surface area contributed by atoms with Gasteiger partial charge in [0.15, 0.2) is 0 Å². The molecule has 1 atom stereocenters. The van der Waals surface area contributed by atoms with Crippen LogP contribution >= 0.6 is 34.1 Å². The van der Waals surface area contributed by atoms with Gasteiger partial charge in [-0.1, -0.05) is 0 Å². The molecule has 1 unspecified atom stereocenters. The molecule has 5 heteroatoms. The van der Waals surface area contributed by atoms with Gasteiger partial charge in [-0.05, 0) is 31.3 Å². The molecule has 1 aliphatic rings. The molecule has 1 fully saturated rings. The largest absolute Gasteiger partial charge is 0.368 e. The van der Waals surface area contributed by atoms with Crippen molar-refractivity contribution in [2.75, 3.05) is 6.61 Å². The number of hydrogen-bond donors (Lipinski definition) is 0. The van der Waals surface area contributed by atoms with Crippen LogP contribution in [0.2, 0.25) is 0 Å². The molecule has 0 spiro atoms. The topological polar surface area (TPSA) is 35.0 Å². The van der Waals surface area contributed by atoms with E-state index in [-0.39, 0.29) is 5.60 Å². The summed E-state index contributed by atoms with van der Waals surface area (Å²) in [5, 5.41) is 1.02. The van der Waals surface area contributed by atoms with Gasteiger partial charge in [-0.25, -0.2) is 4.98 Å². The summed E-state index contributed by atoms with van der Waals surface area (Å²) in [5.41, 5.74) is -0.152. The first-order valence-electron chi connectivity index (χ1n) is 3.84. The number of nitrogens with zero attached hydrogens (tertiary/aromatic N) is 2. The predicted octanol–water partition coefficient (Wildman–Crippen LogP) is 2.17. The van der Waals surface area contributed by atoms with Crippen molar-refractivity contribution >= 4 is 34.1 Å². The highest BCUT2D eigenvalue weighted by molar-refractivity contribution is 14.1. The van der Waals surface area contributed by atoms with E-state index in [4.69, 9.17) is 4.74 Å². The van der Waals surface area contributed by atoms with Gasteiger partial charge in [0, 0.05) is 29.2 Å². The molecule has 12 heavy (non-hydrogen) atoms. The SMILES string of the molecule is CC1(c2nc(I)ns2)CCCO1. The van der Waals surface area contributed by atoms with Crippen molar-refractivity contribution in [2.45, 2.75) is 25.4 Å². The van der Waals surface area contributed by atoms with Gasteiger partial charge in [0.1, 0.15) is 10.6 Å². The Labute approximate surface area is 88.8 Å². The third kappa shape index (κ3) is 1.49. The van der Waals surface area contributed by atoms with Crippen LogP contribution < -0.4 is 0 Å². The van der Waals surface area contributed by atoms with Gasteiger partial charge < -0.3 is 4.74 Å². The minimum absolute atomic E-state index is 0.152. The van der Waals surface area contributed by atoms with Crippen molar-refractivity contribution in [1.82, 2.24) is 9.36 Å². The summed E-state index contributed by atoms with van der Waals surface area (Å²) >= 11 is 3.58. The highest BCUT2D eigenvalue weighted by atomic mass is 127. The van der Waals surface area contributed by atoms with Gasteiger partial charge in [-0.3, -0.25) is 0 Å². The second-order valence-electron chi connectivity index (χ2n) is 3.05. The molecular weight excluding hydrogens is 287 g/mol. The van der Waals surface area contributed by atoms with Crippen molar-refractivity contribution in [3.8, 4) is 0 Å². The average molecular weight is 296 g/mol. The van der Waals surface area contributed by atoms with Crippen LogP contribution in [0.5, 0.6) is 0 Å². The molecule has 3 nitrogen and oxygen atoms in total. The number of aromatic nitrogens is 2. The van der Waals surface area contributed by atoms with Crippen molar-refractivity contribution < 1.29 is 4.74 Å². The lowest BCUT2D eigenvalue weighted by molar-refractivity contribution is 0.0165. The molecular formula is C7H9IN2OS. The number of hydrogen-bond acceptors (Lipinski definition) is 4. The Morgan fingerprint density at radius 2 is 2.50 bits per heavy atom. The minimum atomic E-state index is -0.152. The number of ether oxygens (including phenoxy) is 1. The molecule has 2 heterocycles. The normalized spacial score (nSPS) is 29.5. The molecule has 2 rings (SSSR count). The summed E-state index contributed by atoms with van der Waals surface area (Å²) in [6, 6.07) is 0. The fourth-order valence-corrected chi connectivity index (χ4v) is 2.75. The Hall–Kier alpha value is 0.250. The highest BCUT2D eigenvalue weighted by Crippen LogP contribution is 2.36. The molecule has 0 bridgehead atoms. The van der Waals surface area contributed by atoms with Crippen molar-refractivity contribution in [2.24, 2.45) is 0 Å². The summed E-state index contributed by atoms with van der Waals surface area (Å²) in [6.07, 6.45) is 2.20. The minimum Gasteiger partial charge on any atom is -0.368 e. The first kappa shape index (κ1) is 8.83. The smallest absolute Gasteiger partial charge is 0.203 e. The second kappa shape index (κ2) is 3.19. The van der Waals surface area contributed by atoms with Crippen LogP contribution in [0, 0.1) is 3.83 Å². The van der Waals surface area contributed by atoms with Gasteiger partial charge in [-0.15, -0.1) is 0 Å². The molecule has 1 aliphatic heterocycles. The molecule has 1 saturated heterocycles. The first-order valence-corrected chi connectivity index (χ1v) is 5.69. The van der Waals surface area contributed by atoms with Gasteiger partial charge in [0.2, 0.25) is 3.83 Å². The fraction of sp³-hybridized carbons (Fsp3) is 0.714. The van der Waals surface area contributed by atoms with E-state index in [2.05, 4.69) is 38.9 Å². The van der Waals surface area contributed by atoms with Crippen LogP contribution in [0.3, 0.4) is 0 Å². The molecule has 0 aromatic carbocycles. The van der Waals surface area contributed by atoms with E-state index >= 15 is 0 Å². The van der Waals surface area contributed by atoms with Crippen LogP contribution in [0.1, 0.15) is 24.8 Å². The van der Waals surface area contributed by atoms with E-state index in [1.165, 1.54) is 11.5 Å². The lowest BCUT2D eigenvalue weighted by Crippen LogP contribution is -2.19. The van der Waals surface area contributed by atoms with Gasteiger partial charge in [0.25, 0.3) is 0 Å². The molecule has 0 radical (unpaired) electrons. The molecule has 0 N–H and O–H groups in total. The van der Waals surface area contributed by atoms with E-state index in [1.807, 2.05) is 0 Å². The van der Waals surface area contributed by atoms with Crippen LogP contribution in [-0.2, 0) is 10.3 Å². The van der Waals surface area contributed by atoms with E-state index in [0.29, 0.717) is 0 Å². The number of rotatable bonds is 1. The summed E-state index contributed by atoms with van der Waals surface area (Å²) in [4.78, 5) is 4.33. The van der Waals surface area contributed by atoms with Crippen molar-refractivity contribution in [1.29, 1.82) is 0 Å². The first-order chi connectivity index (χ1) is 5.71. The zero-order valence-corrected chi connectivity index (χ0v) is 9.68. The van der Waals surface area contributed by atoms with E-state index in [9.17, 15) is 0 Å². The Morgan fingerprint density at radius 3 is 3.00 bits per heavy atom. The average Bonchev–Trinajstić information content (AvgIpc) is 2.59. The van der Waals surface area contributed by atoms with Crippen molar-refractivity contribution in [3.05, 3.63) is 8.84 Å². The predicted molar refractivity (Wildman–Crippen MR) is 55.2 cm³/mol. The molecule has 66 valence electrons. The van der Waals surface area contributed by atoms with Gasteiger partial charge in [0.05, 0.1) is 0 Å². The summed E-state index contributed by atoms with van der Waals surface area (Å²) in [7, 11) is 0. The maximum absolute atomic E-state index is 5.64. The lowest BCUT2D eigenvalue weighted by atomic mass is 10.0. The Bertz CT molecular complexity index is 283. The van der Waals surface area contributed by atoms with E-state index in [0.717, 1.165) is 28.3 Å². The Kier molecular flexibility index (Phi) is 2.35. The van der Waals surface area contributed by atoms with E-state index in [1.54, 1.807) is 0 Å². The maximum Gasteiger partial charge on any atom is 0.203 e. The summed E-state index contributed by atoms with van der Waals surface area (Å²) in [5.74, 6) is 0. The molecule has 1 aromatic heterocycles. The Morgan fingerprint density at radius 1 is 1.67 bits per heavy atom. The zero-order valence-electron chi connectivity index (χ0n) is 6.71. The van der Waals surface area contributed by atoms with Crippen LogP contribution in [0.4, 0.5) is 0 Å². The quantitative estimate of drug-likeness (QED) is 0.745. The highest BCUT2D eigenvalue weighted by Gasteiger charge is 2.35. The molecule has 0 aliphatic carbocycles. The zero-order chi connectivity index (χ0) is 8.60. The van der Waals surface area contributed by atoms with Gasteiger partial charge >= 0.3 is 0 Å². The summed E-state index contributed by atoms with van der Waals surface area (Å²) < 4.78 is 10.6.